The summed E-state index contributed by atoms with van der Waals surface area (Å²) < 4.78 is 28.8. The summed E-state index contributed by atoms with van der Waals surface area (Å²) in [6, 6.07) is 0.513. The predicted molar refractivity (Wildman–Crippen MR) is 67.2 cm³/mol. The first-order valence-electron chi connectivity index (χ1n) is 6.00. The lowest BCUT2D eigenvalue weighted by molar-refractivity contribution is -0.120. The standard InChI is InChI=1S/C11H18F2INO/c12-11(13,14)10-8-15(6-7-16-10)9-4-2-1-3-5-9/h9-10H,1-8H2. The number of halogens is 3. The summed E-state index contributed by atoms with van der Waals surface area (Å²) in [6.45, 7) is 1.65. The number of morpholine rings is 1. The van der Waals surface area contributed by atoms with Crippen LogP contribution in [0.4, 0.5) is 8.78 Å². The zero-order chi connectivity index (χ0) is 11.6. The van der Waals surface area contributed by atoms with Crippen LogP contribution in [-0.4, -0.2) is 40.7 Å². The average Bonchev–Trinajstić information content (AvgIpc) is 2.29. The number of rotatable bonds is 2. The fraction of sp³-hybridized carbons (Fsp3) is 1.00. The molecule has 1 aliphatic heterocycles. The van der Waals surface area contributed by atoms with Gasteiger partial charge in [-0.25, -0.2) is 0 Å². The summed E-state index contributed by atoms with van der Waals surface area (Å²) in [5, 5.41) is 0. The smallest absolute Gasteiger partial charge is 0.323 e. The highest BCUT2D eigenvalue weighted by molar-refractivity contribution is 14.1. The number of ether oxygens (including phenoxy) is 1. The van der Waals surface area contributed by atoms with E-state index in [9.17, 15) is 8.78 Å². The molecule has 0 spiro atoms. The van der Waals surface area contributed by atoms with Crippen LogP contribution in [0.1, 0.15) is 32.1 Å². The molecule has 0 aromatic heterocycles. The van der Waals surface area contributed by atoms with Crippen LogP contribution in [0, 0.1) is 0 Å². The van der Waals surface area contributed by atoms with Gasteiger partial charge < -0.3 is 4.74 Å². The quantitative estimate of drug-likeness (QED) is 0.564. The molecule has 16 heavy (non-hydrogen) atoms. The lowest BCUT2D eigenvalue weighted by Crippen LogP contribution is -2.52. The number of alkyl halides is 3. The Labute approximate surface area is 109 Å². The SMILES string of the molecule is FC(F)(I)C1CN(C2CCCCC2)CCO1. The molecule has 94 valence electrons. The summed E-state index contributed by atoms with van der Waals surface area (Å²) in [5.74, 6) is 0. The van der Waals surface area contributed by atoms with Crippen molar-refractivity contribution in [3.05, 3.63) is 0 Å². The Kier molecular flexibility index (Phi) is 4.40. The molecular formula is C11H18F2INO. The van der Waals surface area contributed by atoms with Gasteiger partial charge in [0.15, 0.2) is 0 Å². The second-order valence-electron chi connectivity index (χ2n) is 4.69. The average molecular weight is 345 g/mol. The molecule has 1 aliphatic carbocycles. The van der Waals surface area contributed by atoms with Crippen LogP contribution in [0.25, 0.3) is 0 Å². The van der Waals surface area contributed by atoms with Crippen molar-refractivity contribution in [3.8, 4) is 0 Å². The van der Waals surface area contributed by atoms with Gasteiger partial charge in [0.2, 0.25) is 0 Å². The zero-order valence-corrected chi connectivity index (χ0v) is 11.5. The molecule has 0 bridgehead atoms. The molecule has 1 heterocycles. The Hall–Kier alpha value is 0.510. The van der Waals surface area contributed by atoms with Crippen LogP contribution < -0.4 is 0 Å². The van der Waals surface area contributed by atoms with E-state index in [2.05, 4.69) is 4.90 Å². The molecule has 1 saturated carbocycles. The Morgan fingerprint density at radius 2 is 1.88 bits per heavy atom. The molecule has 5 heteroatoms. The Morgan fingerprint density at radius 3 is 2.50 bits per heavy atom. The summed E-state index contributed by atoms with van der Waals surface area (Å²) in [7, 11) is 0. The predicted octanol–water partition coefficient (Wildman–Crippen LogP) is 3.05. The largest absolute Gasteiger partial charge is 0.368 e. The van der Waals surface area contributed by atoms with E-state index >= 15 is 0 Å². The summed E-state index contributed by atoms with van der Waals surface area (Å²) in [5.41, 5.74) is 0. The summed E-state index contributed by atoms with van der Waals surface area (Å²) >= 11 is 1.19. The van der Waals surface area contributed by atoms with Gasteiger partial charge in [-0.2, -0.15) is 8.78 Å². The summed E-state index contributed by atoms with van der Waals surface area (Å²) in [4.78, 5) is 2.21. The van der Waals surface area contributed by atoms with E-state index in [1.54, 1.807) is 0 Å². The van der Waals surface area contributed by atoms with Crippen molar-refractivity contribution in [2.75, 3.05) is 19.7 Å². The molecule has 2 rings (SSSR count). The van der Waals surface area contributed by atoms with Crippen LogP contribution in [0.3, 0.4) is 0 Å². The number of hydrogen-bond acceptors (Lipinski definition) is 2. The van der Waals surface area contributed by atoms with Gasteiger partial charge in [-0.05, 0) is 12.8 Å². The number of hydrogen-bond donors (Lipinski definition) is 0. The zero-order valence-electron chi connectivity index (χ0n) is 9.30. The monoisotopic (exact) mass is 345 g/mol. The first-order valence-corrected chi connectivity index (χ1v) is 7.07. The lowest BCUT2D eigenvalue weighted by atomic mass is 9.93. The molecule has 0 N–H and O–H groups in total. The fourth-order valence-electron chi connectivity index (χ4n) is 2.65. The van der Waals surface area contributed by atoms with E-state index in [0.29, 0.717) is 19.2 Å². The van der Waals surface area contributed by atoms with E-state index in [4.69, 9.17) is 4.74 Å². The van der Waals surface area contributed by atoms with E-state index in [1.165, 1.54) is 54.7 Å². The van der Waals surface area contributed by atoms with Gasteiger partial charge in [-0.15, -0.1) is 0 Å². The molecule has 1 unspecified atom stereocenters. The molecule has 2 nitrogen and oxygen atoms in total. The van der Waals surface area contributed by atoms with E-state index in [1.807, 2.05) is 0 Å². The maximum absolute atomic E-state index is 13.2. The molecule has 0 radical (unpaired) electrons. The van der Waals surface area contributed by atoms with Crippen molar-refractivity contribution < 1.29 is 13.5 Å². The van der Waals surface area contributed by atoms with Crippen molar-refractivity contribution in [1.82, 2.24) is 4.90 Å². The molecule has 1 atom stereocenters. The maximum Gasteiger partial charge on any atom is 0.323 e. The number of nitrogens with zero attached hydrogens (tertiary/aromatic N) is 1. The Morgan fingerprint density at radius 1 is 1.19 bits per heavy atom. The highest BCUT2D eigenvalue weighted by Crippen LogP contribution is 2.33. The van der Waals surface area contributed by atoms with Crippen LogP contribution in [0.15, 0.2) is 0 Å². The van der Waals surface area contributed by atoms with Gasteiger partial charge in [0.1, 0.15) is 6.10 Å². The van der Waals surface area contributed by atoms with Gasteiger partial charge in [0, 0.05) is 41.7 Å². The molecule has 0 aromatic carbocycles. The van der Waals surface area contributed by atoms with Gasteiger partial charge in [-0.3, -0.25) is 4.90 Å². The van der Waals surface area contributed by atoms with Crippen LogP contribution >= 0.6 is 22.6 Å². The second kappa shape index (κ2) is 5.44. The minimum Gasteiger partial charge on any atom is -0.368 e. The molecular weight excluding hydrogens is 327 g/mol. The topological polar surface area (TPSA) is 12.5 Å². The molecule has 0 amide bonds. The lowest BCUT2D eigenvalue weighted by Gasteiger charge is -2.40. The minimum absolute atomic E-state index is 0.389. The fourth-order valence-corrected chi connectivity index (χ4v) is 3.02. The van der Waals surface area contributed by atoms with Crippen LogP contribution in [0.2, 0.25) is 0 Å². The molecule has 1 saturated heterocycles. The van der Waals surface area contributed by atoms with Crippen molar-refractivity contribution in [2.45, 2.75) is 48.2 Å². The third-order valence-electron chi connectivity index (χ3n) is 3.55. The van der Waals surface area contributed by atoms with E-state index < -0.39 is 10.0 Å². The first kappa shape index (κ1) is 13.0. The highest BCUT2D eigenvalue weighted by Gasteiger charge is 2.41. The highest BCUT2D eigenvalue weighted by atomic mass is 127. The third kappa shape index (κ3) is 3.26. The minimum atomic E-state index is -2.74. The first-order chi connectivity index (χ1) is 7.57. The molecule has 2 aliphatic rings. The van der Waals surface area contributed by atoms with Crippen molar-refractivity contribution in [3.63, 3.8) is 0 Å². The second-order valence-corrected chi connectivity index (χ2v) is 6.13. The Balaban J connectivity index is 1.90. The van der Waals surface area contributed by atoms with Gasteiger partial charge >= 0.3 is 3.93 Å². The van der Waals surface area contributed by atoms with Gasteiger partial charge in [0.05, 0.1) is 6.61 Å². The maximum atomic E-state index is 13.2. The molecule has 0 aromatic rings. The Bertz CT molecular complexity index is 229. The van der Waals surface area contributed by atoms with Crippen molar-refractivity contribution >= 4 is 22.6 Å². The van der Waals surface area contributed by atoms with E-state index in [0.717, 1.165) is 6.54 Å². The van der Waals surface area contributed by atoms with Crippen molar-refractivity contribution in [2.24, 2.45) is 0 Å². The van der Waals surface area contributed by atoms with Crippen molar-refractivity contribution in [1.29, 1.82) is 0 Å². The van der Waals surface area contributed by atoms with Crippen LogP contribution in [-0.2, 0) is 4.74 Å². The van der Waals surface area contributed by atoms with Gasteiger partial charge in [0.25, 0.3) is 0 Å². The molecule has 2 fully saturated rings. The van der Waals surface area contributed by atoms with Crippen LogP contribution in [0.5, 0.6) is 0 Å². The van der Waals surface area contributed by atoms with E-state index in [-0.39, 0.29) is 0 Å². The normalized spacial score (nSPS) is 30.6. The van der Waals surface area contributed by atoms with Gasteiger partial charge in [-0.1, -0.05) is 19.3 Å². The third-order valence-corrected chi connectivity index (χ3v) is 4.25. The summed E-state index contributed by atoms with van der Waals surface area (Å²) in [6.07, 6.45) is 5.19.